The standard InChI is InChI=1S/C16H10N2O3/c1-20-15-3-2-10(6-17)4-13(15)14-8-18-7-11-5-12(9-19)21-16(11)14/h2-5,7-9H,1H3. The van der Waals surface area contributed by atoms with E-state index in [2.05, 4.69) is 11.1 Å². The fourth-order valence-electron chi connectivity index (χ4n) is 2.22. The number of nitriles is 1. The monoisotopic (exact) mass is 278 g/mol. The molecule has 0 amide bonds. The van der Waals surface area contributed by atoms with Crippen LogP contribution >= 0.6 is 0 Å². The molecule has 0 N–H and O–H groups in total. The largest absolute Gasteiger partial charge is 0.496 e. The predicted octanol–water partition coefficient (Wildman–Crippen LogP) is 3.19. The maximum Gasteiger partial charge on any atom is 0.185 e. The minimum atomic E-state index is 0.231. The van der Waals surface area contributed by atoms with Crippen molar-refractivity contribution < 1.29 is 13.9 Å². The Balaban J connectivity index is 2.32. The molecule has 0 aliphatic carbocycles. The second-order valence-electron chi connectivity index (χ2n) is 4.40. The Morgan fingerprint density at radius 3 is 2.86 bits per heavy atom. The van der Waals surface area contributed by atoms with Gasteiger partial charge in [-0.3, -0.25) is 9.78 Å². The summed E-state index contributed by atoms with van der Waals surface area (Å²) in [5, 5.41) is 9.77. The summed E-state index contributed by atoms with van der Waals surface area (Å²) in [6, 6.07) is 8.82. The lowest BCUT2D eigenvalue weighted by atomic mass is 10.0. The van der Waals surface area contributed by atoms with E-state index < -0.39 is 0 Å². The van der Waals surface area contributed by atoms with Gasteiger partial charge in [0, 0.05) is 28.9 Å². The highest BCUT2D eigenvalue weighted by molar-refractivity contribution is 5.95. The van der Waals surface area contributed by atoms with Gasteiger partial charge < -0.3 is 9.15 Å². The zero-order valence-corrected chi connectivity index (χ0v) is 11.2. The molecule has 0 fully saturated rings. The molecular formula is C16H10N2O3. The van der Waals surface area contributed by atoms with Crippen molar-refractivity contribution in [2.45, 2.75) is 0 Å². The number of carbonyl (C=O) groups is 1. The predicted molar refractivity (Wildman–Crippen MR) is 76.1 cm³/mol. The second kappa shape index (κ2) is 5.10. The van der Waals surface area contributed by atoms with Crippen LogP contribution in [0.5, 0.6) is 5.75 Å². The normalized spacial score (nSPS) is 10.3. The number of aldehydes is 1. The number of fused-ring (bicyclic) bond motifs is 1. The molecule has 0 radical (unpaired) electrons. The topological polar surface area (TPSA) is 76.1 Å². The zero-order chi connectivity index (χ0) is 14.8. The Labute approximate surface area is 120 Å². The van der Waals surface area contributed by atoms with Crippen molar-refractivity contribution in [3.63, 3.8) is 0 Å². The van der Waals surface area contributed by atoms with Gasteiger partial charge in [0.05, 0.1) is 18.7 Å². The highest BCUT2D eigenvalue weighted by atomic mass is 16.5. The molecule has 2 aromatic heterocycles. The van der Waals surface area contributed by atoms with Gasteiger partial charge in [-0.05, 0) is 24.3 Å². The number of ether oxygens (including phenoxy) is 1. The third-order valence-electron chi connectivity index (χ3n) is 3.18. The summed E-state index contributed by atoms with van der Waals surface area (Å²) in [5.74, 6) is 0.835. The van der Waals surface area contributed by atoms with Gasteiger partial charge in [-0.15, -0.1) is 0 Å². The molecule has 0 spiro atoms. The third-order valence-corrected chi connectivity index (χ3v) is 3.18. The zero-order valence-electron chi connectivity index (χ0n) is 11.2. The van der Waals surface area contributed by atoms with E-state index in [4.69, 9.17) is 14.4 Å². The summed E-state index contributed by atoms with van der Waals surface area (Å²) in [6.07, 6.45) is 3.89. The lowest BCUT2D eigenvalue weighted by Gasteiger charge is -2.09. The fraction of sp³-hybridized carbons (Fsp3) is 0.0625. The Kier molecular flexibility index (Phi) is 3.13. The molecule has 0 saturated carbocycles. The van der Waals surface area contributed by atoms with Crippen molar-refractivity contribution in [1.29, 1.82) is 5.26 Å². The minimum Gasteiger partial charge on any atom is -0.496 e. The highest BCUT2D eigenvalue weighted by Crippen LogP contribution is 2.36. The lowest BCUT2D eigenvalue weighted by molar-refractivity contribution is 0.110. The number of benzene rings is 1. The van der Waals surface area contributed by atoms with Crippen LogP contribution in [-0.2, 0) is 0 Å². The molecule has 0 atom stereocenters. The van der Waals surface area contributed by atoms with Crippen molar-refractivity contribution in [2.24, 2.45) is 0 Å². The number of furan rings is 1. The maximum atomic E-state index is 10.9. The van der Waals surface area contributed by atoms with Crippen LogP contribution in [0.15, 0.2) is 41.1 Å². The SMILES string of the molecule is COc1ccc(C#N)cc1-c1cncc2cc(C=O)oc12. The molecule has 3 rings (SSSR count). The van der Waals surface area contributed by atoms with E-state index in [0.717, 1.165) is 5.39 Å². The van der Waals surface area contributed by atoms with Crippen molar-refractivity contribution in [1.82, 2.24) is 4.98 Å². The van der Waals surface area contributed by atoms with Crippen LogP contribution in [0.3, 0.4) is 0 Å². The Hall–Kier alpha value is -3.13. The molecule has 2 heterocycles. The van der Waals surface area contributed by atoms with Gasteiger partial charge in [0.2, 0.25) is 0 Å². The number of methoxy groups -OCH3 is 1. The molecule has 0 aliphatic rings. The van der Waals surface area contributed by atoms with Crippen LogP contribution in [-0.4, -0.2) is 18.4 Å². The third kappa shape index (κ3) is 2.13. The fourth-order valence-corrected chi connectivity index (χ4v) is 2.22. The van der Waals surface area contributed by atoms with Crippen LogP contribution in [0.25, 0.3) is 22.1 Å². The van der Waals surface area contributed by atoms with E-state index in [9.17, 15) is 4.79 Å². The molecular weight excluding hydrogens is 268 g/mol. The number of hydrogen-bond donors (Lipinski definition) is 0. The van der Waals surface area contributed by atoms with Crippen molar-refractivity contribution >= 4 is 17.3 Å². The van der Waals surface area contributed by atoms with Gasteiger partial charge in [0.1, 0.15) is 11.3 Å². The molecule has 1 aromatic carbocycles. The number of pyridine rings is 1. The van der Waals surface area contributed by atoms with E-state index in [-0.39, 0.29) is 5.76 Å². The van der Waals surface area contributed by atoms with Gasteiger partial charge in [-0.2, -0.15) is 5.26 Å². The second-order valence-corrected chi connectivity index (χ2v) is 4.40. The first-order chi connectivity index (χ1) is 10.3. The highest BCUT2D eigenvalue weighted by Gasteiger charge is 2.14. The first-order valence-electron chi connectivity index (χ1n) is 6.18. The number of nitrogens with zero attached hydrogens (tertiary/aromatic N) is 2. The van der Waals surface area contributed by atoms with Gasteiger partial charge >= 0.3 is 0 Å². The minimum absolute atomic E-state index is 0.231. The summed E-state index contributed by atoms with van der Waals surface area (Å²) in [7, 11) is 1.55. The summed E-state index contributed by atoms with van der Waals surface area (Å²) in [4.78, 5) is 15.0. The van der Waals surface area contributed by atoms with E-state index >= 15 is 0 Å². The molecule has 3 aromatic rings. The van der Waals surface area contributed by atoms with Crippen molar-refractivity contribution in [3.8, 4) is 22.9 Å². The lowest BCUT2D eigenvalue weighted by Crippen LogP contribution is -1.90. The molecule has 0 bridgehead atoms. The smallest absolute Gasteiger partial charge is 0.185 e. The molecule has 0 aliphatic heterocycles. The van der Waals surface area contributed by atoms with Gasteiger partial charge in [-0.1, -0.05) is 0 Å². The summed E-state index contributed by atoms with van der Waals surface area (Å²) in [6.45, 7) is 0. The molecule has 5 heteroatoms. The van der Waals surface area contributed by atoms with Crippen LogP contribution in [0.1, 0.15) is 16.1 Å². The van der Waals surface area contributed by atoms with E-state index in [1.54, 1.807) is 43.8 Å². The average Bonchev–Trinajstić information content (AvgIpc) is 2.97. The molecule has 0 saturated heterocycles. The van der Waals surface area contributed by atoms with Gasteiger partial charge in [0.25, 0.3) is 0 Å². The Bertz CT molecular complexity index is 875. The van der Waals surface area contributed by atoms with Crippen LogP contribution in [0, 0.1) is 11.3 Å². The first kappa shape index (κ1) is 12.9. The Morgan fingerprint density at radius 1 is 1.29 bits per heavy atom. The Morgan fingerprint density at radius 2 is 2.14 bits per heavy atom. The molecule has 102 valence electrons. The summed E-state index contributed by atoms with van der Waals surface area (Å²) in [5.41, 5.74) is 2.42. The van der Waals surface area contributed by atoms with E-state index in [1.807, 2.05) is 0 Å². The maximum absolute atomic E-state index is 10.9. The molecule has 21 heavy (non-hydrogen) atoms. The van der Waals surface area contributed by atoms with Gasteiger partial charge in [-0.25, -0.2) is 0 Å². The van der Waals surface area contributed by atoms with Crippen molar-refractivity contribution in [2.75, 3.05) is 7.11 Å². The number of carbonyl (C=O) groups excluding carboxylic acids is 1. The van der Waals surface area contributed by atoms with Crippen LogP contribution in [0.2, 0.25) is 0 Å². The molecule has 0 unspecified atom stereocenters. The number of aromatic nitrogens is 1. The quantitative estimate of drug-likeness (QED) is 0.688. The first-order valence-corrected chi connectivity index (χ1v) is 6.18. The van der Waals surface area contributed by atoms with Crippen molar-refractivity contribution in [3.05, 3.63) is 48.0 Å². The van der Waals surface area contributed by atoms with E-state index in [0.29, 0.717) is 34.3 Å². The summed E-state index contributed by atoms with van der Waals surface area (Å²) < 4.78 is 10.9. The number of hydrogen-bond acceptors (Lipinski definition) is 5. The van der Waals surface area contributed by atoms with E-state index in [1.165, 1.54) is 0 Å². The van der Waals surface area contributed by atoms with Gasteiger partial charge in [0.15, 0.2) is 12.0 Å². The number of rotatable bonds is 3. The van der Waals surface area contributed by atoms with Crippen LogP contribution in [0.4, 0.5) is 0 Å². The molecule has 5 nitrogen and oxygen atoms in total. The van der Waals surface area contributed by atoms with Crippen LogP contribution < -0.4 is 4.74 Å². The average molecular weight is 278 g/mol. The summed E-state index contributed by atoms with van der Waals surface area (Å²) >= 11 is 0.